The maximum absolute atomic E-state index is 12.1. The Morgan fingerprint density at radius 2 is 1.81 bits per heavy atom. The summed E-state index contributed by atoms with van der Waals surface area (Å²) in [5.74, 6) is -1.71. The molecule has 2 rings (SSSR count). The Kier molecular flexibility index (Phi) is 5.00. The molecule has 2 aliphatic rings. The highest BCUT2D eigenvalue weighted by molar-refractivity contribution is 5.77. The normalized spacial score (nSPS) is 26.4. The van der Waals surface area contributed by atoms with Crippen molar-refractivity contribution in [2.24, 2.45) is 5.92 Å². The molecule has 0 radical (unpaired) electrons. The van der Waals surface area contributed by atoms with Crippen LogP contribution in [0.2, 0.25) is 0 Å². The van der Waals surface area contributed by atoms with Gasteiger partial charge in [-0.2, -0.15) is 0 Å². The highest BCUT2D eigenvalue weighted by Crippen LogP contribution is 2.16. The van der Waals surface area contributed by atoms with Crippen LogP contribution in [0.25, 0.3) is 0 Å². The van der Waals surface area contributed by atoms with E-state index in [1.807, 2.05) is 0 Å². The third-order valence-corrected chi connectivity index (χ3v) is 3.90. The zero-order chi connectivity index (χ0) is 15.4. The molecular formula is C13H21N3O5. The average Bonchev–Trinajstić information content (AvgIpc) is 2.87. The Morgan fingerprint density at radius 3 is 2.38 bits per heavy atom. The molecule has 2 atom stereocenters. The van der Waals surface area contributed by atoms with E-state index in [1.165, 1.54) is 6.92 Å². The first kappa shape index (κ1) is 15.6. The van der Waals surface area contributed by atoms with Crippen LogP contribution in [0.1, 0.15) is 19.8 Å². The van der Waals surface area contributed by atoms with Crippen molar-refractivity contribution in [3.05, 3.63) is 0 Å². The van der Waals surface area contributed by atoms with Crippen LogP contribution in [0.5, 0.6) is 0 Å². The van der Waals surface area contributed by atoms with E-state index in [1.54, 1.807) is 4.90 Å². The van der Waals surface area contributed by atoms with Gasteiger partial charge in [0.05, 0.1) is 19.3 Å². The number of nitrogens with one attached hydrogen (secondary N) is 2. The fourth-order valence-corrected chi connectivity index (χ4v) is 2.70. The first-order valence-electron chi connectivity index (χ1n) is 7.10. The number of carbonyl (C=O) groups excluding carboxylic acids is 2. The molecule has 0 aromatic heterocycles. The summed E-state index contributed by atoms with van der Waals surface area (Å²) in [6.07, 6.45) is 1.41. The number of piperidine rings is 1. The smallest absolute Gasteiger partial charge is 0.317 e. The number of amides is 3. The molecule has 2 heterocycles. The van der Waals surface area contributed by atoms with Crippen molar-refractivity contribution in [1.82, 2.24) is 15.5 Å². The number of nitrogens with zero attached hydrogens (tertiary/aromatic N) is 1. The van der Waals surface area contributed by atoms with Crippen molar-refractivity contribution in [3.63, 3.8) is 0 Å². The molecule has 0 bridgehead atoms. The lowest BCUT2D eigenvalue weighted by molar-refractivity contribution is -0.142. The van der Waals surface area contributed by atoms with Crippen LogP contribution >= 0.6 is 0 Å². The minimum atomic E-state index is -0.956. The van der Waals surface area contributed by atoms with Crippen LogP contribution in [0, 0.1) is 5.92 Å². The average molecular weight is 299 g/mol. The maximum Gasteiger partial charge on any atom is 0.317 e. The summed E-state index contributed by atoms with van der Waals surface area (Å²) in [5.41, 5.74) is 0. The lowest BCUT2D eigenvalue weighted by Gasteiger charge is -2.33. The molecular weight excluding hydrogens is 278 g/mol. The first-order chi connectivity index (χ1) is 9.97. The Labute approximate surface area is 122 Å². The van der Waals surface area contributed by atoms with Crippen molar-refractivity contribution >= 4 is 17.9 Å². The van der Waals surface area contributed by atoms with Gasteiger partial charge in [-0.05, 0) is 12.8 Å². The third kappa shape index (κ3) is 4.07. The molecule has 2 aliphatic heterocycles. The van der Waals surface area contributed by atoms with Gasteiger partial charge in [0.1, 0.15) is 5.92 Å². The largest absolute Gasteiger partial charge is 0.481 e. The molecule has 2 unspecified atom stereocenters. The molecule has 8 nitrogen and oxygen atoms in total. The highest BCUT2D eigenvalue weighted by atomic mass is 16.5. The lowest BCUT2D eigenvalue weighted by atomic mass is 10.0. The van der Waals surface area contributed by atoms with Crippen LogP contribution in [-0.2, 0) is 14.3 Å². The number of urea groups is 1. The van der Waals surface area contributed by atoms with E-state index >= 15 is 0 Å². The second-order valence-electron chi connectivity index (χ2n) is 5.50. The fourth-order valence-electron chi connectivity index (χ4n) is 2.70. The molecule has 118 valence electrons. The molecule has 8 heteroatoms. The summed E-state index contributed by atoms with van der Waals surface area (Å²) >= 11 is 0. The monoisotopic (exact) mass is 299 g/mol. The molecule has 2 saturated heterocycles. The number of aliphatic carboxylic acids is 1. The van der Waals surface area contributed by atoms with Gasteiger partial charge in [-0.25, -0.2) is 4.79 Å². The molecule has 0 aromatic carbocycles. The second kappa shape index (κ2) is 6.75. The number of carboxylic acids is 1. The second-order valence-corrected chi connectivity index (χ2v) is 5.50. The molecule has 3 N–H and O–H groups in total. The predicted octanol–water partition coefficient (Wildman–Crippen LogP) is -0.604. The molecule has 21 heavy (non-hydrogen) atoms. The fraction of sp³-hybridized carbons (Fsp3) is 0.769. The van der Waals surface area contributed by atoms with E-state index in [4.69, 9.17) is 9.84 Å². The van der Waals surface area contributed by atoms with E-state index in [2.05, 4.69) is 10.6 Å². The molecule has 0 aliphatic carbocycles. The van der Waals surface area contributed by atoms with Crippen LogP contribution in [0.3, 0.4) is 0 Å². The summed E-state index contributed by atoms with van der Waals surface area (Å²) in [6.45, 7) is 2.92. The SMILES string of the molecule is CC(=O)NC1CCN(C(=O)NC2COCC2C(=O)O)CC1. The van der Waals surface area contributed by atoms with Crippen molar-refractivity contribution in [2.45, 2.75) is 31.8 Å². The Hall–Kier alpha value is -1.83. The van der Waals surface area contributed by atoms with Crippen molar-refractivity contribution < 1.29 is 24.2 Å². The van der Waals surface area contributed by atoms with E-state index in [9.17, 15) is 14.4 Å². The van der Waals surface area contributed by atoms with Crippen molar-refractivity contribution in [3.8, 4) is 0 Å². The summed E-state index contributed by atoms with van der Waals surface area (Å²) in [5, 5.41) is 14.6. The quantitative estimate of drug-likeness (QED) is 0.644. The van der Waals surface area contributed by atoms with Gasteiger partial charge in [-0.1, -0.05) is 0 Å². The van der Waals surface area contributed by atoms with Crippen molar-refractivity contribution in [1.29, 1.82) is 0 Å². The Morgan fingerprint density at radius 1 is 1.14 bits per heavy atom. The summed E-state index contributed by atoms with van der Waals surface area (Å²) in [7, 11) is 0. The predicted molar refractivity (Wildman–Crippen MR) is 72.7 cm³/mol. The topological polar surface area (TPSA) is 108 Å². The van der Waals surface area contributed by atoms with E-state index in [-0.39, 0.29) is 31.2 Å². The summed E-state index contributed by atoms with van der Waals surface area (Å²) in [4.78, 5) is 35.8. The van der Waals surface area contributed by atoms with Gasteiger partial charge in [0.25, 0.3) is 0 Å². The highest BCUT2D eigenvalue weighted by Gasteiger charge is 2.36. The number of hydrogen-bond donors (Lipinski definition) is 3. The maximum atomic E-state index is 12.1. The van der Waals surface area contributed by atoms with Crippen LogP contribution < -0.4 is 10.6 Å². The van der Waals surface area contributed by atoms with Gasteiger partial charge in [0, 0.05) is 26.1 Å². The lowest BCUT2D eigenvalue weighted by Crippen LogP contribution is -2.53. The minimum absolute atomic E-state index is 0.0645. The van der Waals surface area contributed by atoms with Gasteiger partial charge < -0.3 is 25.4 Å². The van der Waals surface area contributed by atoms with Crippen LogP contribution in [0.4, 0.5) is 4.79 Å². The van der Waals surface area contributed by atoms with Gasteiger partial charge in [0.15, 0.2) is 0 Å². The minimum Gasteiger partial charge on any atom is -0.481 e. The summed E-state index contributed by atoms with van der Waals surface area (Å²) in [6, 6.07) is -0.644. The number of hydrogen-bond acceptors (Lipinski definition) is 4. The van der Waals surface area contributed by atoms with E-state index in [0.29, 0.717) is 25.9 Å². The number of carbonyl (C=O) groups is 3. The third-order valence-electron chi connectivity index (χ3n) is 3.90. The Bertz CT molecular complexity index is 420. The number of ether oxygens (including phenoxy) is 1. The molecule has 0 saturated carbocycles. The van der Waals surface area contributed by atoms with E-state index < -0.39 is 17.9 Å². The number of rotatable bonds is 3. The standard InChI is InChI=1S/C13H21N3O5/c1-8(17)14-9-2-4-16(5-3-9)13(20)15-11-7-21-6-10(11)12(18)19/h9-11H,2-7H2,1H3,(H,14,17)(H,15,20)(H,18,19). The molecule has 3 amide bonds. The molecule has 0 spiro atoms. The van der Waals surface area contributed by atoms with Crippen LogP contribution in [-0.4, -0.2) is 66.3 Å². The van der Waals surface area contributed by atoms with Crippen molar-refractivity contribution in [2.75, 3.05) is 26.3 Å². The zero-order valence-electron chi connectivity index (χ0n) is 12.0. The van der Waals surface area contributed by atoms with Gasteiger partial charge in [-0.3, -0.25) is 9.59 Å². The van der Waals surface area contributed by atoms with E-state index in [0.717, 1.165) is 0 Å². The van der Waals surface area contributed by atoms with Gasteiger partial charge >= 0.3 is 12.0 Å². The zero-order valence-corrected chi connectivity index (χ0v) is 12.0. The summed E-state index contributed by atoms with van der Waals surface area (Å²) < 4.78 is 5.12. The van der Waals surface area contributed by atoms with Crippen LogP contribution in [0.15, 0.2) is 0 Å². The van der Waals surface area contributed by atoms with Gasteiger partial charge in [-0.15, -0.1) is 0 Å². The number of carboxylic acid groups (broad SMARTS) is 1. The molecule has 2 fully saturated rings. The first-order valence-corrected chi connectivity index (χ1v) is 7.10. The molecule has 0 aromatic rings. The van der Waals surface area contributed by atoms with Gasteiger partial charge in [0.2, 0.25) is 5.91 Å². The number of likely N-dealkylation sites (tertiary alicyclic amines) is 1. The Balaban J connectivity index is 1.79.